The summed E-state index contributed by atoms with van der Waals surface area (Å²) in [5.41, 5.74) is 0. The second kappa shape index (κ2) is 10.0. The van der Waals surface area contributed by atoms with E-state index in [4.69, 9.17) is 0 Å². The third kappa shape index (κ3) is 8.57. The van der Waals surface area contributed by atoms with Crippen molar-refractivity contribution in [1.82, 2.24) is 4.57 Å². The lowest BCUT2D eigenvalue weighted by molar-refractivity contribution is -0.671. The highest BCUT2D eigenvalue weighted by molar-refractivity contribution is 6.61. The van der Waals surface area contributed by atoms with Gasteiger partial charge in [0.2, 0.25) is 6.33 Å². The lowest BCUT2D eigenvalue weighted by Gasteiger charge is -2.28. The molecule has 0 unspecified atom stereocenters. The Balaban J connectivity index is 0.000000477. The molecule has 1 rings (SSSR count). The molecular formula is C14H23BF8N2. The molecule has 0 spiro atoms. The molecule has 1 heterocycles. The van der Waals surface area contributed by atoms with Crippen LogP contribution in [0.3, 0.4) is 0 Å². The first-order valence-corrected chi connectivity index (χ1v) is 7.97. The molecule has 0 radical (unpaired) electrons. The number of hydrogen-bond donors (Lipinski definition) is 0. The summed E-state index contributed by atoms with van der Waals surface area (Å²) in [6.07, 6.45) is 8.09. The first kappa shape index (κ1) is 23.7. The van der Waals surface area contributed by atoms with Crippen LogP contribution >= 0.6 is 0 Å². The molecule has 0 aliphatic rings. The highest BCUT2D eigenvalue weighted by Crippen LogP contribution is 2.43. The third-order valence-electron chi connectivity index (χ3n) is 3.38. The number of alkyl halides is 5. The van der Waals surface area contributed by atoms with Crippen LogP contribution in [0.4, 0.5) is 34.9 Å². The van der Waals surface area contributed by atoms with Gasteiger partial charge in [0.05, 0.1) is 13.6 Å². The summed E-state index contributed by atoms with van der Waals surface area (Å²) in [5, 5.41) is 0. The maximum absolute atomic E-state index is 11.2. The Morgan fingerprint density at radius 2 is 1.44 bits per heavy atom. The highest BCUT2D eigenvalue weighted by Gasteiger charge is 2.69. The Labute approximate surface area is 141 Å². The van der Waals surface area contributed by atoms with Gasteiger partial charge in [-0.2, -0.15) is 13.2 Å². The summed E-state index contributed by atoms with van der Waals surface area (Å²) in [6.45, 7) is -3.77. The van der Waals surface area contributed by atoms with Gasteiger partial charge in [-0.05, 0) is 12.8 Å². The Morgan fingerprint density at radius 3 is 1.80 bits per heavy atom. The number of halogens is 8. The van der Waals surface area contributed by atoms with Crippen LogP contribution in [0.1, 0.15) is 45.4 Å². The van der Waals surface area contributed by atoms with E-state index in [2.05, 4.69) is 41.8 Å². The van der Waals surface area contributed by atoms with E-state index in [1.165, 1.54) is 45.1 Å². The second-order valence-corrected chi connectivity index (χ2v) is 5.78. The van der Waals surface area contributed by atoms with E-state index in [1.807, 2.05) is 0 Å². The summed E-state index contributed by atoms with van der Waals surface area (Å²) in [4.78, 5) is 0. The van der Waals surface area contributed by atoms with Gasteiger partial charge in [-0.25, -0.2) is 17.9 Å². The topological polar surface area (TPSA) is 8.81 Å². The normalized spacial score (nSPS) is 12.7. The SMILES string of the molecule is CCCCCCCCn1cc[n+](C)c1.F[B-](F)(F)C(F)(F)C(F)(F)F. The average molecular weight is 382 g/mol. The average Bonchev–Trinajstić information content (AvgIpc) is 2.87. The van der Waals surface area contributed by atoms with Crippen molar-refractivity contribution in [2.45, 2.75) is 64.0 Å². The van der Waals surface area contributed by atoms with E-state index in [9.17, 15) is 34.9 Å². The molecule has 2 nitrogen and oxygen atoms in total. The summed E-state index contributed by atoms with van der Waals surface area (Å²) < 4.78 is 92.2. The summed E-state index contributed by atoms with van der Waals surface area (Å²) in [5.74, 6) is -6.56. The van der Waals surface area contributed by atoms with E-state index in [0.29, 0.717) is 0 Å². The predicted molar refractivity (Wildman–Crippen MR) is 79.1 cm³/mol. The molecule has 0 aliphatic carbocycles. The van der Waals surface area contributed by atoms with E-state index < -0.39 is 19.0 Å². The van der Waals surface area contributed by atoms with Gasteiger partial charge in [0.25, 0.3) is 0 Å². The van der Waals surface area contributed by atoms with Crippen LogP contribution in [0.5, 0.6) is 0 Å². The van der Waals surface area contributed by atoms with Crippen molar-refractivity contribution in [3.8, 4) is 0 Å². The molecule has 0 atom stereocenters. The minimum Gasteiger partial charge on any atom is -0.445 e. The van der Waals surface area contributed by atoms with Gasteiger partial charge >= 0.3 is 19.0 Å². The highest BCUT2D eigenvalue weighted by atomic mass is 19.4. The van der Waals surface area contributed by atoms with Gasteiger partial charge in [-0.1, -0.05) is 32.6 Å². The lowest BCUT2D eigenvalue weighted by Crippen LogP contribution is -2.53. The Bertz CT molecular complexity index is 466. The number of rotatable bonds is 8. The molecule has 148 valence electrons. The van der Waals surface area contributed by atoms with Gasteiger partial charge in [-0.15, -0.1) is 0 Å². The molecule has 0 N–H and O–H groups in total. The summed E-state index contributed by atoms with van der Waals surface area (Å²) in [6, 6.07) is 0. The number of aryl methyl sites for hydroxylation is 2. The van der Waals surface area contributed by atoms with Crippen molar-refractivity contribution in [2.24, 2.45) is 7.05 Å². The van der Waals surface area contributed by atoms with Crippen LogP contribution in [0, 0.1) is 0 Å². The molecule has 1 aromatic heterocycles. The summed E-state index contributed by atoms with van der Waals surface area (Å²) >= 11 is 0. The first-order chi connectivity index (χ1) is 11.3. The number of nitrogens with zero attached hydrogens (tertiary/aromatic N) is 2. The number of aromatic nitrogens is 2. The molecule has 0 bridgehead atoms. The number of hydrogen-bond acceptors (Lipinski definition) is 0. The van der Waals surface area contributed by atoms with Crippen LogP contribution in [-0.4, -0.2) is 23.5 Å². The monoisotopic (exact) mass is 382 g/mol. The molecule has 0 saturated carbocycles. The quantitative estimate of drug-likeness (QED) is 0.252. The van der Waals surface area contributed by atoms with Crippen LogP contribution in [0.25, 0.3) is 0 Å². The van der Waals surface area contributed by atoms with Crippen molar-refractivity contribution >= 4 is 6.98 Å². The lowest BCUT2D eigenvalue weighted by atomic mass is 9.80. The van der Waals surface area contributed by atoms with Crippen LogP contribution in [0.2, 0.25) is 0 Å². The first-order valence-electron chi connectivity index (χ1n) is 7.97. The molecule has 11 heteroatoms. The van der Waals surface area contributed by atoms with E-state index >= 15 is 0 Å². The maximum atomic E-state index is 11.2. The minimum atomic E-state index is -7.21. The van der Waals surface area contributed by atoms with Crippen molar-refractivity contribution < 1.29 is 39.5 Å². The second-order valence-electron chi connectivity index (χ2n) is 5.78. The summed E-state index contributed by atoms with van der Waals surface area (Å²) in [7, 11) is 2.07. The van der Waals surface area contributed by atoms with E-state index in [-0.39, 0.29) is 0 Å². The van der Waals surface area contributed by atoms with Gasteiger partial charge in [0, 0.05) is 0 Å². The zero-order valence-electron chi connectivity index (χ0n) is 14.2. The number of imidazole rings is 1. The van der Waals surface area contributed by atoms with Gasteiger partial charge in [0.15, 0.2) is 0 Å². The van der Waals surface area contributed by atoms with Crippen LogP contribution < -0.4 is 4.57 Å². The van der Waals surface area contributed by atoms with E-state index in [1.54, 1.807) is 0 Å². The molecule has 25 heavy (non-hydrogen) atoms. The number of unbranched alkanes of at least 4 members (excludes halogenated alkanes) is 5. The van der Waals surface area contributed by atoms with Crippen molar-refractivity contribution in [3.05, 3.63) is 18.7 Å². The largest absolute Gasteiger partial charge is 0.558 e. The smallest absolute Gasteiger partial charge is 0.445 e. The van der Waals surface area contributed by atoms with Crippen LogP contribution in [-0.2, 0) is 13.6 Å². The van der Waals surface area contributed by atoms with Gasteiger partial charge < -0.3 is 12.9 Å². The zero-order valence-corrected chi connectivity index (χ0v) is 14.2. The molecule has 0 saturated heterocycles. The Kier molecular flexibility index (Phi) is 9.49. The minimum absolute atomic E-state index is 1.17. The van der Waals surface area contributed by atoms with Crippen molar-refractivity contribution in [2.75, 3.05) is 0 Å². The maximum Gasteiger partial charge on any atom is 0.558 e. The molecule has 0 fully saturated rings. The molecule has 0 amide bonds. The van der Waals surface area contributed by atoms with Crippen molar-refractivity contribution in [3.63, 3.8) is 0 Å². The van der Waals surface area contributed by atoms with Crippen molar-refractivity contribution in [1.29, 1.82) is 0 Å². The zero-order chi connectivity index (χ0) is 19.7. The Morgan fingerprint density at radius 1 is 0.920 bits per heavy atom. The van der Waals surface area contributed by atoms with Gasteiger partial charge in [0.1, 0.15) is 12.4 Å². The molecule has 0 aromatic carbocycles. The van der Waals surface area contributed by atoms with Crippen LogP contribution in [0.15, 0.2) is 18.7 Å². The fraction of sp³-hybridized carbons (Fsp3) is 0.786. The fourth-order valence-electron chi connectivity index (χ4n) is 1.89. The predicted octanol–water partition coefficient (Wildman–Crippen LogP) is 5.24. The fourth-order valence-corrected chi connectivity index (χ4v) is 1.89. The van der Waals surface area contributed by atoms with E-state index in [0.717, 1.165) is 0 Å². The molecule has 1 aromatic rings. The third-order valence-corrected chi connectivity index (χ3v) is 3.38. The van der Waals surface area contributed by atoms with Gasteiger partial charge in [-0.3, -0.25) is 0 Å². The standard InChI is InChI=1S/C12H23N2.C2BF8/c1-3-4-5-6-7-8-9-14-11-10-13(2)12-14;4-1(5,2(6,7)8)3(9,10)11/h10-12H,3-9H2,1-2H3;/q+1;-1. The molecule has 0 aliphatic heterocycles. The Hall–Kier alpha value is -1.29. The molecular weight excluding hydrogens is 359 g/mol.